The molecule has 6 rings (SSSR count). The summed E-state index contributed by atoms with van der Waals surface area (Å²) in [5, 5.41) is 13.9. The number of hydrogen-bond donors (Lipinski definition) is 2. The summed E-state index contributed by atoms with van der Waals surface area (Å²) >= 11 is 10.3. The van der Waals surface area contributed by atoms with Crippen LogP contribution in [0.5, 0.6) is 0 Å². The Balaban J connectivity index is 1.51. The molecule has 0 unspecified atom stereocenters. The Labute approximate surface area is 293 Å². The van der Waals surface area contributed by atoms with Crippen LogP contribution < -0.4 is 10.2 Å². The van der Waals surface area contributed by atoms with Gasteiger partial charge in [-0.05, 0) is 42.5 Å². The van der Waals surface area contributed by atoms with E-state index in [1.165, 1.54) is 9.80 Å². The van der Waals surface area contributed by atoms with E-state index in [9.17, 15) is 19.5 Å². The van der Waals surface area contributed by atoms with Crippen molar-refractivity contribution in [3.63, 3.8) is 0 Å². The topological polar surface area (TPSA) is 125 Å². The number of anilines is 1. The van der Waals surface area contributed by atoms with Crippen LogP contribution >= 0.6 is 27.5 Å². The van der Waals surface area contributed by atoms with Crippen LogP contribution in [0.15, 0.2) is 71.2 Å². The second kappa shape index (κ2) is 13.8. The van der Waals surface area contributed by atoms with Crippen LogP contribution in [0.3, 0.4) is 0 Å². The summed E-state index contributed by atoms with van der Waals surface area (Å²) in [5.74, 6) is -4.30. The van der Waals surface area contributed by atoms with E-state index in [-0.39, 0.29) is 31.3 Å². The molecule has 7 atom stereocenters. The van der Waals surface area contributed by atoms with Crippen molar-refractivity contribution in [1.82, 2.24) is 10.2 Å². The highest BCUT2D eigenvalue weighted by Gasteiger charge is 2.75. The smallest absolute Gasteiger partial charge is 0.313 e. The van der Waals surface area contributed by atoms with Gasteiger partial charge in [0.25, 0.3) is 5.91 Å². The molecule has 0 aliphatic carbocycles. The molecule has 48 heavy (non-hydrogen) atoms. The molecule has 10 nitrogen and oxygen atoms in total. The highest BCUT2D eigenvalue weighted by molar-refractivity contribution is 9.11. The molecule has 0 aromatic heterocycles. The Morgan fingerprint density at radius 1 is 1.06 bits per heavy atom. The molecule has 2 aromatic carbocycles. The van der Waals surface area contributed by atoms with Gasteiger partial charge in [-0.3, -0.25) is 19.2 Å². The fourth-order valence-corrected chi connectivity index (χ4v) is 8.57. The average Bonchev–Trinajstić information content (AvgIpc) is 3.65. The van der Waals surface area contributed by atoms with Gasteiger partial charge < -0.3 is 29.7 Å². The monoisotopic (exact) mass is 739 g/mol. The summed E-state index contributed by atoms with van der Waals surface area (Å²) in [7, 11) is 0. The van der Waals surface area contributed by atoms with Crippen LogP contribution in [0, 0.1) is 24.7 Å². The number of amides is 3. The van der Waals surface area contributed by atoms with Crippen LogP contribution in [0.4, 0.5) is 5.69 Å². The molecule has 2 fully saturated rings. The van der Waals surface area contributed by atoms with Gasteiger partial charge in [-0.2, -0.15) is 0 Å². The van der Waals surface area contributed by atoms with Gasteiger partial charge in [-0.25, -0.2) is 0 Å². The molecule has 4 aliphatic heterocycles. The molecule has 5 bridgehead atoms. The van der Waals surface area contributed by atoms with Gasteiger partial charge in [0.1, 0.15) is 29.8 Å². The molecule has 0 saturated carbocycles. The number of para-hydroxylation sites is 1. The first-order valence-electron chi connectivity index (χ1n) is 16.2. The quantitative estimate of drug-likeness (QED) is 0.339. The van der Waals surface area contributed by atoms with Crippen LogP contribution in [0.1, 0.15) is 43.9 Å². The van der Waals surface area contributed by atoms with Crippen molar-refractivity contribution in [2.45, 2.75) is 63.5 Å². The summed E-state index contributed by atoms with van der Waals surface area (Å²) in [5.41, 5.74) is 0.351. The second-order valence-electron chi connectivity index (χ2n) is 13.1. The molecule has 12 heteroatoms. The van der Waals surface area contributed by atoms with Crippen molar-refractivity contribution in [3.05, 3.63) is 87.4 Å². The Kier molecular flexibility index (Phi) is 9.86. The number of fused-ring (bicyclic) bond motifs is 2. The molecular weight excluding hydrogens is 702 g/mol. The van der Waals surface area contributed by atoms with Crippen molar-refractivity contribution in [3.8, 4) is 0 Å². The number of cyclic esters (lactones) is 1. The maximum atomic E-state index is 15.2. The van der Waals surface area contributed by atoms with Crippen molar-refractivity contribution in [2.24, 2.45) is 17.8 Å². The third-order valence-corrected chi connectivity index (χ3v) is 10.8. The number of hydrogen-bond acceptors (Lipinski definition) is 7. The molecule has 1 spiro atoms. The van der Waals surface area contributed by atoms with Gasteiger partial charge in [0, 0.05) is 17.4 Å². The number of esters is 1. The maximum Gasteiger partial charge on any atom is 0.313 e. The lowest BCUT2D eigenvalue weighted by molar-refractivity contribution is -0.160. The second-order valence-corrected chi connectivity index (χ2v) is 14.4. The molecule has 254 valence electrons. The number of ether oxygens (including phenoxy) is 2. The van der Waals surface area contributed by atoms with E-state index in [0.717, 1.165) is 5.56 Å². The van der Waals surface area contributed by atoms with Crippen molar-refractivity contribution in [1.29, 1.82) is 0 Å². The predicted molar refractivity (Wildman–Crippen MR) is 183 cm³/mol. The fraction of sp³-hybridized carbons (Fsp3) is 0.444. The fourth-order valence-electron chi connectivity index (χ4n) is 7.51. The number of aliphatic hydroxyl groups is 1. The van der Waals surface area contributed by atoms with E-state index in [1.807, 2.05) is 51.1 Å². The Morgan fingerprint density at radius 3 is 2.50 bits per heavy atom. The lowest BCUT2D eigenvalue weighted by Crippen LogP contribution is -2.59. The lowest BCUT2D eigenvalue weighted by Gasteiger charge is -2.40. The summed E-state index contributed by atoms with van der Waals surface area (Å²) in [6.07, 6.45) is 4.23. The molecule has 4 aliphatic rings. The van der Waals surface area contributed by atoms with E-state index in [2.05, 4.69) is 21.2 Å². The van der Waals surface area contributed by atoms with E-state index >= 15 is 4.79 Å². The van der Waals surface area contributed by atoms with Crippen LogP contribution in [-0.4, -0.2) is 77.2 Å². The van der Waals surface area contributed by atoms with E-state index in [0.29, 0.717) is 27.2 Å². The minimum absolute atomic E-state index is 0.0318. The van der Waals surface area contributed by atoms with E-state index in [1.54, 1.807) is 36.4 Å². The Morgan fingerprint density at radius 2 is 1.81 bits per heavy atom. The van der Waals surface area contributed by atoms with Gasteiger partial charge in [-0.1, -0.05) is 96.0 Å². The largest absolute Gasteiger partial charge is 0.455 e. The summed E-state index contributed by atoms with van der Waals surface area (Å²) in [6.45, 7) is 5.30. The number of benzene rings is 2. The van der Waals surface area contributed by atoms with Crippen LogP contribution in [0.2, 0.25) is 5.02 Å². The number of aliphatic hydroxyl groups excluding tert-OH is 1. The minimum Gasteiger partial charge on any atom is -0.455 e. The average molecular weight is 741 g/mol. The van der Waals surface area contributed by atoms with Crippen molar-refractivity contribution in [2.75, 3.05) is 24.6 Å². The number of rotatable bonds is 5. The zero-order valence-electron chi connectivity index (χ0n) is 27.0. The van der Waals surface area contributed by atoms with Gasteiger partial charge in [0.2, 0.25) is 11.8 Å². The Hall–Kier alpha value is -3.51. The summed E-state index contributed by atoms with van der Waals surface area (Å²) in [6, 6.07) is 12.4. The number of nitrogens with zero attached hydrogens (tertiary/aromatic N) is 2. The first-order chi connectivity index (χ1) is 23.0. The Bertz CT molecular complexity index is 1650. The van der Waals surface area contributed by atoms with Gasteiger partial charge in [0.05, 0.1) is 35.8 Å². The normalized spacial score (nSPS) is 30.6. The third kappa shape index (κ3) is 5.88. The highest BCUT2D eigenvalue weighted by Crippen LogP contribution is 2.59. The molecule has 2 N–H and O–H groups in total. The lowest BCUT2D eigenvalue weighted by atomic mass is 9.74. The van der Waals surface area contributed by atoms with Gasteiger partial charge in [0.15, 0.2) is 0 Å². The number of likely N-dealkylation sites (tertiary alicyclic amines) is 1. The predicted octanol–water partition coefficient (Wildman–Crippen LogP) is 4.62. The third-order valence-electron chi connectivity index (χ3n) is 9.82. The number of carbonyl (C=O) groups is 4. The first kappa shape index (κ1) is 34.4. The van der Waals surface area contributed by atoms with Crippen molar-refractivity contribution < 1.29 is 33.8 Å². The SMILES string of the molecule is Cc1cccc(Cl)c1N1C/C=C\CCC(=O)NC[C@@H](c2ccccc2)OC(=O)[C@@H]2[C@H]3O[C@@]4(C=C3Br)[C@H](C1=O)N([C@@H](CO)C(C)C)C(=O)[C@@H]24. The number of aryl methyl sites for hydroxylation is 1. The number of allylic oxidation sites excluding steroid dienone is 1. The molecular formula is C36H39BrClN3O7. The van der Waals surface area contributed by atoms with E-state index < -0.39 is 66.1 Å². The van der Waals surface area contributed by atoms with Gasteiger partial charge >= 0.3 is 5.97 Å². The molecule has 0 radical (unpaired) electrons. The first-order valence-corrected chi connectivity index (χ1v) is 17.4. The molecule has 3 amide bonds. The molecule has 4 heterocycles. The van der Waals surface area contributed by atoms with Gasteiger partial charge in [-0.15, -0.1) is 0 Å². The van der Waals surface area contributed by atoms with Crippen LogP contribution in [-0.2, 0) is 28.7 Å². The zero-order valence-corrected chi connectivity index (χ0v) is 29.3. The minimum atomic E-state index is -1.54. The summed E-state index contributed by atoms with van der Waals surface area (Å²) < 4.78 is 13.3. The number of carbonyl (C=O) groups excluding carboxylic acids is 4. The zero-order chi connectivity index (χ0) is 34.3. The van der Waals surface area contributed by atoms with E-state index in [4.69, 9.17) is 21.1 Å². The number of nitrogens with one attached hydrogen (secondary N) is 1. The molecule has 2 aromatic rings. The maximum absolute atomic E-state index is 15.2. The van der Waals surface area contributed by atoms with Crippen LogP contribution in [0.25, 0.3) is 0 Å². The number of halogens is 2. The highest BCUT2D eigenvalue weighted by atomic mass is 79.9. The van der Waals surface area contributed by atoms with Crippen molar-refractivity contribution >= 4 is 56.9 Å². The molecule has 2 saturated heterocycles. The standard InChI is InChI=1S/C36H39BrClN3O7/c1-20(2)25(19-42)41-32-34(45)40(30-21(3)11-10-14-24(30)38)16-9-5-8-15-27(43)39-18-26(22-12-6-4-7-13-22)47-35(46)28-29(33(41)44)36(32)17-23(37)31(28)48-36/h4-7,9-14,17,20,25-26,28-29,31-32,42H,8,15-16,18-19H2,1-3H3,(H,39,43)/b9-5-/t25-,26-,28-,29+,31-,32-,36+/m0/s1. The summed E-state index contributed by atoms with van der Waals surface area (Å²) in [4.78, 5) is 60.0.